The summed E-state index contributed by atoms with van der Waals surface area (Å²) in [6, 6.07) is -0.994. The van der Waals surface area contributed by atoms with Crippen LogP contribution in [0, 0.1) is 0 Å². The van der Waals surface area contributed by atoms with E-state index >= 15 is 0 Å². The van der Waals surface area contributed by atoms with Crippen LogP contribution in [-0.2, 0) is 14.3 Å². The van der Waals surface area contributed by atoms with E-state index in [1.165, 1.54) is 115 Å². The van der Waals surface area contributed by atoms with Gasteiger partial charge in [-0.25, -0.2) is 0 Å². The predicted octanol–water partition coefficient (Wildman–Crippen LogP) is 7.30. The SMILES string of the molecule is CCCCCCCCCCCCCCCCC(O)C(=O)NC(CO[C@@H]1OC(CO)[C@H](O)[C@H](O)C1O)C(O)/C=C/CC/C=C(\C)CCCCCCCCC. The molecule has 53 heavy (non-hydrogen) atoms. The van der Waals surface area contributed by atoms with Crippen molar-refractivity contribution in [3.8, 4) is 0 Å². The van der Waals surface area contributed by atoms with Crippen LogP contribution in [0.1, 0.15) is 181 Å². The smallest absolute Gasteiger partial charge is 0.249 e. The van der Waals surface area contributed by atoms with Crippen molar-refractivity contribution >= 4 is 5.91 Å². The van der Waals surface area contributed by atoms with Crippen molar-refractivity contribution < 1.29 is 44.9 Å². The summed E-state index contributed by atoms with van der Waals surface area (Å²) in [5.74, 6) is -0.626. The molecule has 0 radical (unpaired) electrons. The molecule has 1 aliphatic heterocycles. The molecule has 0 aliphatic carbocycles. The molecule has 0 aromatic rings. The predicted molar refractivity (Wildman–Crippen MR) is 213 cm³/mol. The van der Waals surface area contributed by atoms with Gasteiger partial charge in [-0.15, -0.1) is 0 Å². The molecule has 5 unspecified atom stereocenters. The first-order chi connectivity index (χ1) is 25.7. The van der Waals surface area contributed by atoms with E-state index in [2.05, 4.69) is 32.2 Å². The van der Waals surface area contributed by atoms with Gasteiger partial charge in [0.05, 0.1) is 25.4 Å². The largest absolute Gasteiger partial charge is 0.394 e. The molecule has 0 spiro atoms. The fraction of sp³-hybridized carbons (Fsp3) is 0.884. The van der Waals surface area contributed by atoms with Gasteiger partial charge in [-0.1, -0.05) is 166 Å². The zero-order chi connectivity index (χ0) is 39.1. The number of aliphatic hydroxyl groups is 6. The Hall–Kier alpha value is -1.37. The van der Waals surface area contributed by atoms with Crippen LogP contribution in [-0.4, -0.2) is 98.7 Å². The molecule has 0 saturated carbocycles. The number of hydrogen-bond acceptors (Lipinski definition) is 9. The van der Waals surface area contributed by atoms with E-state index in [1.807, 2.05) is 6.08 Å². The van der Waals surface area contributed by atoms with Gasteiger partial charge in [0.25, 0.3) is 0 Å². The lowest BCUT2D eigenvalue weighted by molar-refractivity contribution is -0.302. The van der Waals surface area contributed by atoms with Gasteiger partial charge < -0.3 is 45.4 Å². The molecule has 1 saturated heterocycles. The molecule has 10 nitrogen and oxygen atoms in total. The number of ether oxygens (including phenoxy) is 2. The summed E-state index contributed by atoms with van der Waals surface area (Å²) >= 11 is 0. The molecule has 8 atom stereocenters. The lowest BCUT2D eigenvalue weighted by Gasteiger charge is -2.40. The molecule has 0 aromatic carbocycles. The van der Waals surface area contributed by atoms with Gasteiger partial charge in [0.1, 0.15) is 30.5 Å². The molecule has 10 heteroatoms. The Balaban J connectivity index is 2.54. The van der Waals surface area contributed by atoms with Crippen molar-refractivity contribution in [2.45, 2.75) is 230 Å². The minimum Gasteiger partial charge on any atom is -0.394 e. The van der Waals surface area contributed by atoms with E-state index in [-0.39, 0.29) is 6.61 Å². The van der Waals surface area contributed by atoms with Crippen LogP contribution in [0.2, 0.25) is 0 Å². The molecule has 1 fully saturated rings. The average Bonchev–Trinajstić information content (AvgIpc) is 3.15. The molecule has 1 rings (SSSR count). The van der Waals surface area contributed by atoms with Crippen LogP contribution in [0.3, 0.4) is 0 Å². The Morgan fingerprint density at radius 3 is 1.75 bits per heavy atom. The van der Waals surface area contributed by atoms with Crippen LogP contribution >= 0.6 is 0 Å². The maximum Gasteiger partial charge on any atom is 0.249 e. The fourth-order valence-electron chi connectivity index (χ4n) is 6.83. The third-order valence-electron chi connectivity index (χ3n) is 10.5. The summed E-state index contributed by atoms with van der Waals surface area (Å²) in [5, 5.41) is 64.6. The molecule has 312 valence electrons. The summed E-state index contributed by atoms with van der Waals surface area (Å²) in [6.45, 7) is 5.72. The Kier molecular flexibility index (Phi) is 30.8. The number of amides is 1. The van der Waals surface area contributed by atoms with Crippen molar-refractivity contribution in [2.75, 3.05) is 13.2 Å². The number of carbonyl (C=O) groups excluding carboxylic acids is 1. The zero-order valence-electron chi connectivity index (χ0n) is 33.9. The maximum absolute atomic E-state index is 13.0. The summed E-state index contributed by atoms with van der Waals surface area (Å²) in [4.78, 5) is 13.0. The summed E-state index contributed by atoms with van der Waals surface area (Å²) in [5.41, 5.74) is 1.36. The van der Waals surface area contributed by atoms with E-state index in [9.17, 15) is 35.4 Å². The van der Waals surface area contributed by atoms with Gasteiger partial charge in [-0.3, -0.25) is 4.79 Å². The van der Waals surface area contributed by atoms with Gasteiger partial charge in [-0.2, -0.15) is 0 Å². The number of carbonyl (C=O) groups is 1. The summed E-state index contributed by atoms with van der Waals surface area (Å²) in [6.07, 6.45) is 24.9. The third-order valence-corrected chi connectivity index (χ3v) is 10.5. The van der Waals surface area contributed by atoms with Gasteiger partial charge in [-0.05, 0) is 39.0 Å². The first-order valence-corrected chi connectivity index (χ1v) is 21.6. The Labute approximate surface area is 322 Å². The first kappa shape index (κ1) is 49.6. The second-order valence-electron chi connectivity index (χ2n) is 15.5. The van der Waals surface area contributed by atoms with Crippen molar-refractivity contribution in [3.05, 3.63) is 23.8 Å². The molecule has 7 N–H and O–H groups in total. The number of nitrogens with one attached hydrogen (secondary N) is 1. The van der Waals surface area contributed by atoms with Crippen molar-refractivity contribution in [1.82, 2.24) is 5.32 Å². The zero-order valence-corrected chi connectivity index (χ0v) is 33.9. The molecule has 1 aliphatic rings. The third kappa shape index (κ3) is 24.0. The molecule has 1 amide bonds. The highest BCUT2D eigenvalue weighted by molar-refractivity contribution is 5.80. The van der Waals surface area contributed by atoms with E-state index in [0.717, 1.165) is 32.1 Å². The fourth-order valence-corrected chi connectivity index (χ4v) is 6.83. The minimum absolute atomic E-state index is 0.306. The molecule has 0 aromatic heterocycles. The Morgan fingerprint density at radius 1 is 0.717 bits per heavy atom. The van der Waals surface area contributed by atoms with E-state index in [1.54, 1.807) is 6.08 Å². The highest BCUT2D eigenvalue weighted by Crippen LogP contribution is 2.23. The summed E-state index contributed by atoms with van der Waals surface area (Å²) in [7, 11) is 0. The van der Waals surface area contributed by atoms with Crippen molar-refractivity contribution in [2.24, 2.45) is 0 Å². The number of unbranched alkanes of at least 4 members (excludes halogenated alkanes) is 20. The van der Waals surface area contributed by atoms with E-state index in [4.69, 9.17) is 9.47 Å². The van der Waals surface area contributed by atoms with Gasteiger partial charge >= 0.3 is 0 Å². The quantitative estimate of drug-likeness (QED) is 0.0263. The van der Waals surface area contributed by atoms with Crippen molar-refractivity contribution in [1.29, 1.82) is 0 Å². The first-order valence-electron chi connectivity index (χ1n) is 21.6. The monoisotopic (exact) mass is 756 g/mol. The number of aliphatic hydroxyl groups excluding tert-OH is 6. The maximum atomic E-state index is 13.0. The Morgan fingerprint density at radius 2 is 1.23 bits per heavy atom. The van der Waals surface area contributed by atoms with Crippen LogP contribution in [0.4, 0.5) is 0 Å². The van der Waals surface area contributed by atoms with E-state index < -0.39 is 61.5 Å². The molecular formula is C43H81NO9. The second-order valence-corrected chi connectivity index (χ2v) is 15.5. The summed E-state index contributed by atoms with van der Waals surface area (Å²) < 4.78 is 11.1. The lowest BCUT2D eigenvalue weighted by atomic mass is 9.99. The second kappa shape index (κ2) is 32.8. The van der Waals surface area contributed by atoms with E-state index in [0.29, 0.717) is 19.3 Å². The molecule has 0 bridgehead atoms. The van der Waals surface area contributed by atoms with Crippen LogP contribution in [0.25, 0.3) is 0 Å². The standard InChI is InChI=1S/C43H81NO9/c1-4-6-8-10-12-13-14-15-16-17-18-20-22-26-31-37(47)42(51)44-35(33-52-43-41(50)40(49)39(48)38(32-45)53-43)36(46)30-27-23-25-29-34(3)28-24-21-19-11-9-7-5-2/h27,29-30,35-41,43,45-50H,4-26,28,31-33H2,1-3H3,(H,44,51)/b30-27+,34-29+/t35?,36?,37?,38?,39-,40-,41?,43+/m0/s1. The van der Waals surface area contributed by atoms with Crippen LogP contribution in [0.15, 0.2) is 23.8 Å². The number of hydrogen-bond donors (Lipinski definition) is 7. The van der Waals surface area contributed by atoms with Crippen LogP contribution in [0.5, 0.6) is 0 Å². The normalized spacial score (nSPS) is 22.7. The van der Waals surface area contributed by atoms with Gasteiger partial charge in [0.15, 0.2) is 6.29 Å². The van der Waals surface area contributed by atoms with Crippen LogP contribution < -0.4 is 5.32 Å². The number of allylic oxidation sites excluding steroid dienone is 3. The highest BCUT2D eigenvalue weighted by Gasteiger charge is 2.44. The van der Waals surface area contributed by atoms with Crippen molar-refractivity contribution in [3.63, 3.8) is 0 Å². The molecular weight excluding hydrogens is 674 g/mol. The highest BCUT2D eigenvalue weighted by atomic mass is 16.7. The minimum atomic E-state index is -1.61. The Bertz CT molecular complexity index is 929. The topological polar surface area (TPSA) is 169 Å². The lowest BCUT2D eigenvalue weighted by Crippen LogP contribution is -2.60. The number of rotatable bonds is 34. The van der Waals surface area contributed by atoms with Gasteiger partial charge in [0, 0.05) is 0 Å². The van der Waals surface area contributed by atoms with Gasteiger partial charge in [0.2, 0.25) is 5.91 Å². The average molecular weight is 756 g/mol. The molecule has 1 heterocycles.